The van der Waals surface area contributed by atoms with Crippen LogP contribution in [0.2, 0.25) is 5.02 Å². The molecular formula is C23H26ClF2N5O2. The Labute approximate surface area is 196 Å². The van der Waals surface area contributed by atoms with Crippen molar-refractivity contribution >= 4 is 40.6 Å². The van der Waals surface area contributed by atoms with Crippen LogP contribution < -0.4 is 20.4 Å². The Kier molecular flexibility index (Phi) is 6.71. The number of likely N-dealkylation sites (N-methyl/N-ethyl adjacent to an activating group) is 1. The minimum Gasteiger partial charge on any atom is -0.367 e. The molecule has 10 heteroatoms. The number of nitrogens with zero attached hydrogens (tertiary/aromatic N) is 3. The number of carbonyl (C=O) groups is 2. The van der Waals surface area contributed by atoms with Crippen LogP contribution in [0.4, 0.5) is 30.6 Å². The third kappa shape index (κ3) is 4.89. The second kappa shape index (κ2) is 9.52. The minimum absolute atomic E-state index is 0.119. The van der Waals surface area contributed by atoms with Crippen molar-refractivity contribution in [2.24, 2.45) is 0 Å². The maximum absolute atomic E-state index is 15.0. The van der Waals surface area contributed by atoms with Gasteiger partial charge in [0.15, 0.2) is 11.6 Å². The van der Waals surface area contributed by atoms with Gasteiger partial charge < -0.3 is 25.3 Å². The molecule has 0 aliphatic carbocycles. The molecule has 0 aromatic heterocycles. The molecule has 0 spiro atoms. The third-order valence-electron chi connectivity index (χ3n) is 6.18. The van der Waals surface area contributed by atoms with E-state index in [1.165, 1.54) is 17.0 Å². The minimum atomic E-state index is -1.06. The fourth-order valence-corrected chi connectivity index (χ4v) is 4.40. The molecule has 7 nitrogen and oxygen atoms in total. The van der Waals surface area contributed by atoms with Gasteiger partial charge in [0.05, 0.1) is 11.4 Å². The van der Waals surface area contributed by atoms with E-state index in [4.69, 9.17) is 11.6 Å². The highest BCUT2D eigenvalue weighted by atomic mass is 35.5. The van der Waals surface area contributed by atoms with Crippen LogP contribution >= 0.6 is 11.6 Å². The van der Waals surface area contributed by atoms with Crippen molar-refractivity contribution in [3.63, 3.8) is 0 Å². The van der Waals surface area contributed by atoms with Gasteiger partial charge in [0.1, 0.15) is 6.04 Å². The molecule has 0 saturated carbocycles. The van der Waals surface area contributed by atoms with Crippen molar-refractivity contribution in [2.45, 2.75) is 24.9 Å². The molecule has 4 rings (SSSR count). The normalized spacial score (nSPS) is 20.6. The number of benzene rings is 2. The summed E-state index contributed by atoms with van der Waals surface area (Å²) in [5.74, 6) is -2.50. The first kappa shape index (κ1) is 23.3. The molecule has 0 bridgehead atoms. The predicted molar refractivity (Wildman–Crippen MR) is 125 cm³/mol. The van der Waals surface area contributed by atoms with E-state index in [1.807, 2.05) is 19.0 Å². The first-order chi connectivity index (χ1) is 15.7. The number of halogens is 3. The largest absolute Gasteiger partial charge is 0.367 e. The van der Waals surface area contributed by atoms with Gasteiger partial charge in [0, 0.05) is 36.4 Å². The van der Waals surface area contributed by atoms with Crippen LogP contribution in [0.3, 0.4) is 0 Å². The van der Waals surface area contributed by atoms with Crippen LogP contribution in [0.5, 0.6) is 0 Å². The zero-order chi connectivity index (χ0) is 23.7. The summed E-state index contributed by atoms with van der Waals surface area (Å²) in [5.41, 5.74) is 0.595. The van der Waals surface area contributed by atoms with Gasteiger partial charge in [0.25, 0.3) is 0 Å². The highest BCUT2D eigenvalue weighted by Crippen LogP contribution is 2.33. The molecule has 0 radical (unpaired) electrons. The van der Waals surface area contributed by atoms with Gasteiger partial charge in [-0.25, -0.2) is 13.6 Å². The smallest absolute Gasteiger partial charge is 0.319 e. The monoisotopic (exact) mass is 477 g/mol. The molecule has 2 fully saturated rings. The maximum Gasteiger partial charge on any atom is 0.319 e. The maximum atomic E-state index is 15.0. The Bertz CT molecular complexity index is 1050. The molecular weight excluding hydrogens is 452 g/mol. The average Bonchev–Trinajstić information content (AvgIpc) is 3.40. The Morgan fingerprint density at radius 2 is 1.70 bits per heavy atom. The van der Waals surface area contributed by atoms with Crippen molar-refractivity contribution in [1.29, 1.82) is 0 Å². The predicted octanol–water partition coefficient (Wildman–Crippen LogP) is 3.69. The summed E-state index contributed by atoms with van der Waals surface area (Å²) in [5, 5.41) is 5.75. The van der Waals surface area contributed by atoms with E-state index >= 15 is 0 Å². The first-order valence-electron chi connectivity index (χ1n) is 10.8. The number of carbonyl (C=O) groups excluding carboxylic acids is 2. The van der Waals surface area contributed by atoms with Gasteiger partial charge >= 0.3 is 6.03 Å². The molecule has 176 valence electrons. The number of urea groups is 1. The van der Waals surface area contributed by atoms with Gasteiger partial charge in [-0.15, -0.1) is 0 Å². The van der Waals surface area contributed by atoms with Crippen LogP contribution in [0.25, 0.3) is 0 Å². The second-order valence-electron chi connectivity index (χ2n) is 8.52. The van der Waals surface area contributed by atoms with Crippen LogP contribution in [0.1, 0.15) is 12.8 Å². The SMILES string of the molecule is CN(C)[C@@H]1CCN(c2ccc(N3CC[C@@H](NC(=O)Nc4ccc(Cl)cc4)C3=O)c(F)c2F)C1. The van der Waals surface area contributed by atoms with Crippen molar-refractivity contribution in [3.05, 3.63) is 53.1 Å². The molecule has 2 N–H and O–H groups in total. The summed E-state index contributed by atoms with van der Waals surface area (Å²) in [6, 6.07) is 8.35. The molecule has 2 aliphatic rings. The molecule has 3 amide bonds. The van der Waals surface area contributed by atoms with E-state index in [0.29, 0.717) is 23.8 Å². The van der Waals surface area contributed by atoms with Crippen molar-refractivity contribution in [2.75, 3.05) is 48.8 Å². The van der Waals surface area contributed by atoms with Crippen molar-refractivity contribution < 1.29 is 18.4 Å². The van der Waals surface area contributed by atoms with E-state index in [9.17, 15) is 18.4 Å². The number of amides is 3. The third-order valence-corrected chi connectivity index (χ3v) is 6.43. The molecule has 2 aromatic carbocycles. The van der Waals surface area contributed by atoms with E-state index in [0.717, 1.165) is 6.42 Å². The zero-order valence-electron chi connectivity index (χ0n) is 18.4. The summed E-state index contributed by atoms with van der Waals surface area (Å²) in [4.78, 5) is 30.2. The number of nitrogens with one attached hydrogen (secondary N) is 2. The topological polar surface area (TPSA) is 67.9 Å². The lowest BCUT2D eigenvalue weighted by molar-refractivity contribution is -0.118. The molecule has 2 aromatic rings. The second-order valence-corrected chi connectivity index (χ2v) is 8.96. The Balaban J connectivity index is 1.42. The Hall–Kier alpha value is -2.91. The molecule has 0 unspecified atom stereocenters. The van der Waals surface area contributed by atoms with Crippen LogP contribution in [-0.4, -0.2) is 62.7 Å². The number of hydrogen-bond donors (Lipinski definition) is 2. The van der Waals surface area contributed by atoms with Gasteiger partial charge in [-0.1, -0.05) is 11.6 Å². The lowest BCUT2D eigenvalue weighted by Gasteiger charge is -2.24. The highest BCUT2D eigenvalue weighted by molar-refractivity contribution is 6.30. The van der Waals surface area contributed by atoms with Crippen molar-refractivity contribution in [1.82, 2.24) is 10.2 Å². The van der Waals surface area contributed by atoms with Gasteiger partial charge in [-0.2, -0.15) is 0 Å². The van der Waals surface area contributed by atoms with Crippen LogP contribution in [-0.2, 0) is 4.79 Å². The quantitative estimate of drug-likeness (QED) is 0.689. The summed E-state index contributed by atoms with van der Waals surface area (Å²) in [6.45, 7) is 1.42. The fraction of sp³-hybridized carbons (Fsp3) is 0.391. The number of rotatable bonds is 5. The Morgan fingerprint density at radius 1 is 1.03 bits per heavy atom. The highest BCUT2D eigenvalue weighted by Gasteiger charge is 2.36. The standard InChI is InChI=1S/C23H26ClF2N5O2/c1-29(2)16-9-11-30(13-16)18-7-8-19(21(26)20(18)25)31-12-10-17(22(31)32)28-23(33)27-15-5-3-14(24)4-6-15/h3-8,16-17H,9-13H2,1-2H3,(H2,27,28,33)/t16-,17-/m1/s1. The summed E-state index contributed by atoms with van der Waals surface area (Å²) in [6.07, 6.45) is 1.15. The van der Waals surface area contributed by atoms with Crippen LogP contribution in [0.15, 0.2) is 36.4 Å². The van der Waals surface area contributed by atoms with E-state index in [2.05, 4.69) is 15.5 Å². The van der Waals surface area contributed by atoms with E-state index in [-0.39, 0.29) is 30.4 Å². The lowest BCUT2D eigenvalue weighted by Crippen LogP contribution is -2.43. The summed E-state index contributed by atoms with van der Waals surface area (Å²) >= 11 is 5.83. The zero-order valence-corrected chi connectivity index (χ0v) is 19.2. The average molecular weight is 478 g/mol. The number of anilines is 3. The lowest BCUT2D eigenvalue weighted by atomic mass is 10.2. The van der Waals surface area contributed by atoms with Gasteiger partial charge in [-0.3, -0.25) is 4.79 Å². The van der Waals surface area contributed by atoms with Gasteiger partial charge in [0.2, 0.25) is 5.91 Å². The first-order valence-corrected chi connectivity index (χ1v) is 11.2. The van der Waals surface area contributed by atoms with Crippen molar-refractivity contribution in [3.8, 4) is 0 Å². The molecule has 2 atom stereocenters. The molecule has 2 heterocycles. The summed E-state index contributed by atoms with van der Waals surface area (Å²) < 4.78 is 29.9. The number of hydrogen-bond acceptors (Lipinski definition) is 4. The Morgan fingerprint density at radius 3 is 2.36 bits per heavy atom. The van der Waals surface area contributed by atoms with Gasteiger partial charge in [-0.05, 0) is 63.3 Å². The van der Waals surface area contributed by atoms with E-state index in [1.54, 1.807) is 24.3 Å². The summed E-state index contributed by atoms with van der Waals surface area (Å²) in [7, 11) is 3.93. The molecule has 33 heavy (non-hydrogen) atoms. The fourth-order valence-electron chi connectivity index (χ4n) is 4.28. The molecule has 2 aliphatic heterocycles. The van der Waals surface area contributed by atoms with E-state index < -0.39 is 29.6 Å². The van der Waals surface area contributed by atoms with Crippen LogP contribution in [0, 0.1) is 11.6 Å². The molecule has 2 saturated heterocycles.